The first-order valence-electron chi connectivity index (χ1n) is 5.97. The average molecular weight is 319 g/mol. The second kappa shape index (κ2) is 5.40. The first-order valence-corrected chi connectivity index (χ1v) is 7.45. The Morgan fingerprint density at radius 3 is 2.57 bits per heavy atom. The fourth-order valence-electron chi connectivity index (χ4n) is 1.84. The molecular formula is C12H12F3N3O2S. The Bertz CT molecular complexity index is 738. The fourth-order valence-corrected chi connectivity index (χ4v) is 3.21. The number of hydrogen-bond donors (Lipinski definition) is 2. The summed E-state index contributed by atoms with van der Waals surface area (Å²) < 4.78 is 64.5. The molecule has 21 heavy (non-hydrogen) atoms. The van der Waals surface area contributed by atoms with E-state index in [1.165, 1.54) is 12.1 Å². The lowest BCUT2D eigenvalue weighted by molar-refractivity contribution is -0.140. The highest BCUT2D eigenvalue weighted by Crippen LogP contribution is 2.34. The maximum atomic E-state index is 12.7. The van der Waals surface area contributed by atoms with E-state index < -0.39 is 27.6 Å². The molecule has 2 rings (SSSR count). The average Bonchev–Trinajstić information content (AvgIpc) is 2.86. The molecule has 0 saturated carbocycles. The van der Waals surface area contributed by atoms with Crippen LogP contribution in [0.4, 0.5) is 18.9 Å². The van der Waals surface area contributed by atoms with Crippen LogP contribution in [0.15, 0.2) is 35.4 Å². The van der Waals surface area contributed by atoms with Crippen LogP contribution < -0.4 is 4.72 Å². The van der Waals surface area contributed by atoms with E-state index in [0.717, 1.165) is 6.20 Å². The van der Waals surface area contributed by atoms with E-state index in [9.17, 15) is 21.6 Å². The van der Waals surface area contributed by atoms with Gasteiger partial charge in [0.05, 0.1) is 16.8 Å². The molecule has 0 aliphatic rings. The predicted octanol–water partition coefficient (Wildman–Crippen LogP) is 2.79. The van der Waals surface area contributed by atoms with E-state index in [1.807, 2.05) is 4.72 Å². The molecule has 0 radical (unpaired) electrons. The molecule has 0 saturated heterocycles. The Morgan fingerprint density at radius 2 is 1.95 bits per heavy atom. The van der Waals surface area contributed by atoms with Crippen molar-refractivity contribution < 1.29 is 21.6 Å². The van der Waals surface area contributed by atoms with Gasteiger partial charge in [0, 0.05) is 0 Å². The van der Waals surface area contributed by atoms with Crippen molar-refractivity contribution in [1.82, 2.24) is 10.2 Å². The van der Waals surface area contributed by atoms with Crippen LogP contribution in [0.25, 0.3) is 0 Å². The van der Waals surface area contributed by atoms with E-state index in [4.69, 9.17) is 0 Å². The lowest BCUT2D eigenvalue weighted by Gasteiger charge is -2.12. The number of nitrogens with zero attached hydrogens (tertiary/aromatic N) is 1. The summed E-state index contributed by atoms with van der Waals surface area (Å²) in [5, 5.41) is 4.98. The Morgan fingerprint density at radius 1 is 1.29 bits per heavy atom. The van der Waals surface area contributed by atoms with Gasteiger partial charge in [0.15, 0.2) is 5.69 Å². The van der Waals surface area contributed by atoms with Crippen molar-refractivity contribution in [3.8, 4) is 0 Å². The number of rotatable bonds is 4. The van der Waals surface area contributed by atoms with Gasteiger partial charge >= 0.3 is 6.18 Å². The molecule has 1 aromatic heterocycles. The van der Waals surface area contributed by atoms with Crippen molar-refractivity contribution in [3.63, 3.8) is 0 Å². The molecule has 9 heteroatoms. The minimum absolute atomic E-state index is 0.0539. The topological polar surface area (TPSA) is 74.8 Å². The summed E-state index contributed by atoms with van der Waals surface area (Å²) in [6.45, 7) is 1.76. The molecule has 2 N–H and O–H groups in total. The van der Waals surface area contributed by atoms with Crippen LogP contribution in [0.3, 0.4) is 0 Å². The van der Waals surface area contributed by atoms with Crippen LogP contribution in [0.1, 0.15) is 18.2 Å². The summed E-state index contributed by atoms with van der Waals surface area (Å²) >= 11 is 0. The molecule has 0 atom stereocenters. The summed E-state index contributed by atoms with van der Waals surface area (Å²) in [6.07, 6.45) is -3.50. The Labute approximate surface area is 119 Å². The number of alkyl halides is 3. The monoisotopic (exact) mass is 319 g/mol. The zero-order valence-electron chi connectivity index (χ0n) is 10.9. The Hall–Kier alpha value is -2.03. The second-order valence-corrected chi connectivity index (χ2v) is 5.87. The molecule has 0 aliphatic carbocycles. The molecule has 1 aromatic carbocycles. The van der Waals surface area contributed by atoms with Crippen molar-refractivity contribution in [3.05, 3.63) is 41.7 Å². The highest BCUT2D eigenvalue weighted by atomic mass is 32.2. The number of aromatic amines is 1. The number of sulfonamides is 1. The minimum atomic E-state index is -4.72. The summed E-state index contributed by atoms with van der Waals surface area (Å²) in [7, 11) is -4.12. The maximum absolute atomic E-state index is 12.7. The van der Waals surface area contributed by atoms with Gasteiger partial charge < -0.3 is 0 Å². The molecule has 0 aliphatic heterocycles. The molecule has 0 unspecified atom stereocenters. The predicted molar refractivity (Wildman–Crippen MR) is 70.2 cm³/mol. The van der Waals surface area contributed by atoms with Gasteiger partial charge in [-0.25, -0.2) is 8.42 Å². The molecule has 0 fully saturated rings. The Kier molecular flexibility index (Phi) is 3.95. The van der Waals surface area contributed by atoms with Crippen LogP contribution in [0.2, 0.25) is 0 Å². The lowest BCUT2D eigenvalue weighted by atomic mass is 10.2. The number of nitrogens with one attached hydrogen (secondary N) is 2. The van der Waals surface area contributed by atoms with Crippen molar-refractivity contribution in [2.45, 2.75) is 24.4 Å². The molecule has 0 bridgehead atoms. The maximum Gasteiger partial charge on any atom is 0.434 e. The minimum Gasteiger partial charge on any atom is -0.276 e. The van der Waals surface area contributed by atoms with Gasteiger partial charge in [-0.15, -0.1) is 0 Å². The van der Waals surface area contributed by atoms with Crippen LogP contribution in [0, 0.1) is 0 Å². The van der Waals surface area contributed by atoms with E-state index in [0.29, 0.717) is 12.0 Å². The van der Waals surface area contributed by atoms with Crippen LogP contribution in [-0.2, 0) is 22.6 Å². The normalized spacial score (nSPS) is 12.4. The largest absolute Gasteiger partial charge is 0.434 e. The molecule has 0 amide bonds. The molecular weight excluding hydrogens is 307 g/mol. The second-order valence-electron chi connectivity index (χ2n) is 4.22. The van der Waals surface area contributed by atoms with Gasteiger partial charge in [0.25, 0.3) is 10.0 Å². The molecule has 5 nitrogen and oxygen atoms in total. The van der Waals surface area contributed by atoms with E-state index >= 15 is 0 Å². The van der Waals surface area contributed by atoms with Gasteiger partial charge in [-0.05, 0) is 18.1 Å². The van der Waals surface area contributed by atoms with Crippen molar-refractivity contribution in [1.29, 1.82) is 0 Å². The van der Waals surface area contributed by atoms with Crippen molar-refractivity contribution in [2.24, 2.45) is 0 Å². The van der Waals surface area contributed by atoms with Crippen molar-refractivity contribution >= 4 is 15.7 Å². The third-order valence-corrected chi connectivity index (χ3v) is 4.28. The molecule has 1 heterocycles. The molecule has 2 aromatic rings. The zero-order valence-corrected chi connectivity index (χ0v) is 11.7. The van der Waals surface area contributed by atoms with E-state index in [1.54, 1.807) is 24.2 Å². The highest BCUT2D eigenvalue weighted by molar-refractivity contribution is 7.92. The zero-order chi connectivity index (χ0) is 15.7. The SMILES string of the molecule is CCc1ccccc1S(=O)(=O)Nc1cn[nH]c1C(F)(F)F. The van der Waals surface area contributed by atoms with Gasteiger partial charge in [0.1, 0.15) is 0 Å². The van der Waals surface area contributed by atoms with Crippen LogP contribution in [0.5, 0.6) is 0 Å². The van der Waals surface area contributed by atoms with Gasteiger partial charge in [-0.1, -0.05) is 25.1 Å². The summed E-state index contributed by atoms with van der Waals surface area (Å²) in [5.74, 6) is 0. The summed E-state index contributed by atoms with van der Waals surface area (Å²) in [6, 6.07) is 6.12. The Balaban J connectivity index is 2.41. The number of aromatic nitrogens is 2. The first-order chi connectivity index (χ1) is 9.75. The number of anilines is 1. The van der Waals surface area contributed by atoms with Crippen LogP contribution >= 0.6 is 0 Å². The number of aryl methyl sites for hydroxylation is 1. The number of benzene rings is 1. The number of H-pyrrole nitrogens is 1. The van der Waals surface area contributed by atoms with Crippen LogP contribution in [-0.4, -0.2) is 18.6 Å². The number of halogens is 3. The van der Waals surface area contributed by atoms with E-state index in [-0.39, 0.29) is 4.90 Å². The number of hydrogen-bond acceptors (Lipinski definition) is 3. The van der Waals surface area contributed by atoms with Gasteiger partial charge in [-0.3, -0.25) is 9.82 Å². The molecule has 114 valence electrons. The highest BCUT2D eigenvalue weighted by Gasteiger charge is 2.37. The summed E-state index contributed by atoms with van der Waals surface area (Å²) in [4.78, 5) is -0.0539. The smallest absolute Gasteiger partial charge is 0.276 e. The first kappa shape index (κ1) is 15.4. The van der Waals surface area contributed by atoms with E-state index in [2.05, 4.69) is 5.10 Å². The third-order valence-electron chi connectivity index (χ3n) is 2.81. The standard InChI is InChI=1S/C12H12F3N3O2S/c1-2-8-5-3-4-6-10(8)21(19,20)18-9-7-16-17-11(9)12(13,14)15/h3-7,18H,2H2,1H3,(H,16,17). The quantitative estimate of drug-likeness (QED) is 0.910. The van der Waals surface area contributed by atoms with Gasteiger partial charge in [0.2, 0.25) is 0 Å². The summed E-state index contributed by atoms with van der Waals surface area (Å²) in [5.41, 5.74) is -1.35. The fraction of sp³-hybridized carbons (Fsp3) is 0.250. The lowest BCUT2D eigenvalue weighted by Crippen LogP contribution is -2.17. The molecule has 0 spiro atoms. The van der Waals surface area contributed by atoms with Crippen molar-refractivity contribution in [2.75, 3.05) is 4.72 Å². The third kappa shape index (κ3) is 3.18. The van der Waals surface area contributed by atoms with Gasteiger partial charge in [-0.2, -0.15) is 18.3 Å².